The summed E-state index contributed by atoms with van der Waals surface area (Å²) in [5, 5.41) is 2.63. The van der Waals surface area contributed by atoms with E-state index in [4.69, 9.17) is 25.8 Å². The van der Waals surface area contributed by atoms with Crippen molar-refractivity contribution in [1.82, 2.24) is 0 Å². The molecular formula is C25H23ClN2O8S. The van der Waals surface area contributed by atoms with Crippen LogP contribution in [0.2, 0.25) is 5.02 Å². The Hall–Kier alpha value is -4.09. The molecule has 3 rings (SSSR count). The molecule has 0 spiro atoms. The molecule has 0 radical (unpaired) electrons. The lowest BCUT2D eigenvalue weighted by atomic mass is 10.1. The van der Waals surface area contributed by atoms with Crippen LogP contribution in [0, 0.1) is 0 Å². The van der Waals surface area contributed by atoms with Crippen molar-refractivity contribution in [3.63, 3.8) is 0 Å². The quantitative estimate of drug-likeness (QED) is 0.402. The zero-order chi connectivity index (χ0) is 27.2. The van der Waals surface area contributed by atoms with Gasteiger partial charge in [-0.1, -0.05) is 29.8 Å². The number of methoxy groups -OCH3 is 3. The van der Waals surface area contributed by atoms with Crippen molar-refractivity contribution in [2.45, 2.75) is 4.90 Å². The summed E-state index contributed by atoms with van der Waals surface area (Å²) in [6.45, 7) is -0.692. The SMILES string of the molecule is COC(=O)c1ccc(C(=O)OC)c(NC(=O)CN(c2ccc(OC)c(Cl)c2)S(=O)(=O)c2ccccc2)c1. The number of benzene rings is 3. The van der Waals surface area contributed by atoms with Gasteiger partial charge in [-0.05, 0) is 48.5 Å². The molecule has 10 nitrogen and oxygen atoms in total. The number of carbonyl (C=O) groups excluding carboxylic acids is 3. The van der Waals surface area contributed by atoms with E-state index in [0.717, 1.165) is 11.4 Å². The Balaban J connectivity index is 2.03. The smallest absolute Gasteiger partial charge is 0.339 e. The molecule has 1 amide bonds. The van der Waals surface area contributed by atoms with Gasteiger partial charge in [-0.25, -0.2) is 18.0 Å². The predicted molar refractivity (Wildman–Crippen MR) is 137 cm³/mol. The van der Waals surface area contributed by atoms with Gasteiger partial charge in [0.15, 0.2) is 0 Å². The number of carbonyl (C=O) groups is 3. The number of ether oxygens (including phenoxy) is 3. The van der Waals surface area contributed by atoms with Crippen LogP contribution in [0.5, 0.6) is 5.75 Å². The molecule has 0 saturated heterocycles. The highest BCUT2D eigenvalue weighted by molar-refractivity contribution is 7.92. The molecule has 1 N–H and O–H groups in total. The number of rotatable bonds is 9. The Morgan fingerprint density at radius 3 is 2.16 bits per heavy atom. The van der Waals surface area contributed by atoms with Crippen LogP contribution in [0.3, 0.4) is 0 Å². The maximum absolute atomic E-state index is 13.5. The molecule has 3 aromatic rings. The molecule has 0 bridgehead atoms. The lowest BCUT2D eigenvalue weighted by molar-refractivity contribution is -0.114. The molecule has 0 heterocycles. The highest BCUT2D eigenvalue weighted by Gasteiger charge is 2.28. The molecule has 0 atom stereocenters. The third-order valence-electron chi connectivity index (χ3n) is 5.16. The Morgan fingerprint density at radius 2 is 1.57 bits per heavy atom. The van der Waals surface area contributed by atoms with Crippen LogP contribution in [0.1, 0.15) is 20.7 Å². The third-order valence-corrected chi connectivity index (χ3v) is 7.25. The molecule has 0 aromatic heterocycles. The number of hydrogen-bond acceptors (Lipinski definition) is 8. The van der Waals surface area contributed by atoms with Gasteiger partial charge >= 0.3 is 11.9 Å². The summed E-state index contributed by atoms with van der Waals surface area (Å²) in [5.41, 5.74) is 0.0421. The van der Waals surface area contributed by atoms with E-state index in [9.17, 15) is 22.8 Å². The summed E-state index contributed by atoms with van der Waals surface area (Å²) >= 11 is 6.23. The van der Waals surface area contributed by atoms with Gasteiger partial charge in [-0.2, -0.15) is 0 Å². The fraction of sp³-hybridized carbons (Fsp3) is 0.160. The summed E-state index contributed by atoms with van der Waals surface area (Å²) in [4.78, 5) is 37.3. The van der Waals surface area contributed by atoms with E-state index in [1.807, 2.05) is 0 Å². The molecule has 12 heteroatoms. The zero-order valence-corrected chi connectivity index (χ0v) is 21.6. The zero-order valence-electron chi connectivity index (χ0n) is 20.1. The normalized spacial score (nSPS) is 10.8. The van der Waals surface area contributed by atoms with Crippen molar-refractivity contribution in [3.8, 4) is 5.75 Å². The molecule has 194 valence electrons. The minimum Gasteiger partial charge on any atom is -0.495 e. The Bertz CT molecular complexity index is 1430. The number of hydrogen-bond donors (Lipinski definition) is 1. The highest BCUT2D eigenvalue weighted by atomic mass is 35.5. The molecule has 0 saturated carbocycles. The molecule has 37 heavy (non-hydrogen) atoms. The van der Waals surface area contributed by atoms with E-state index in [1.54, 1.807) is 18.2 Å². The summed E-state index contributed by atoms with van der Waals surface area (Å²) in [7, 11) is -0.478. The van der Waals surface area contributed by atoms with Crippen molar-refractivity contribution in [2.24, 2.45) is 0 Å². The number of anilines is 2. The second-order valence-corrected chi connectivity index (χ2v) is 9.70. The number of amides is 1. The highest BCUT2D eigenvalue weighted by Crippen LogP contribution is 2.32. The van der Waals surface area contributed by atoms with Crippen molar-refractivity contribution < 1.29 is 37.0 Å². The monoisotopic (exact) mass is 546 g/mol. The maximum Gasteiger partial charge on any atom is 0.339 e. The average Bonchev–Trinajstić information content (AvgIpc) is 2.91. The standard InChI is InChI=1S/C25H23ClN2O8S/c1-34-22-12-10-17(14-20(22)26)28(37(32,33)18-7-5-4-6-8-18)15-23(29)27-21-13-16(24(30)35-2)9-11-19(21)25(31)36-3/h4-14H,15H2,1-3H3,(H,27,29). The number of sulfonamides is 1. The van der Waals surface area contributed by atoms with Gasteiger partial charge in [0, 0.05) is 0 Å². The molecule has 0 aliphatic heterocycles. The predicted octanol–water partition coefficient (Wildman–Crippen LogP) is 3.76. The van der Waals surface area contributed by atoms with E-state index < -0.39 is 34.4 Å². The van der Waals surface area contributed by atoms with Crippen LogP contribution in [0.15, 0.2) is 71.6 Å². The fourth-order valence-corrected chi connectivity index (χ4v) is 5.03. The van der Waals surface area contributed by atoms with Crippen molar-refractivity contribution in [1.29, 1.82) is 0 Å². The van der Waals surface area contributed by atoms with E-state index in [2.05, 4.69) is 5.32 Å². The first kappa shape index (κ1) is 27.5. The maximum atomic E-state index is 13.5. The molecule has 0 fully saturated rings. The number of halogens is 1. The molecule has 0 unspecified atom stereocenters. The van der Waals surface area contributed by atoms with E-state index in [1.165, 1.54) is 62.8 Å². The second kappa shape index (κ2) is 11.8. The van der Waals surface area contributed by atoms with Crippen molar-refractivity contribution in [3.05, 3.63) is 82.9 Å². The molecule has 0 aliphatic carbocycles. The number of nitrogens with zero attached hydrogens (tertiary/aromatic N) is 1. The molecule has 3 aromatic carbocycles. The van der Waals surface area contributed by atoms with Crippen LogP contribution in [-0.2, 0) is 24.3 Å². The Morgan fingerprint density at radius 1 is 0.892 bits per heavy atom. The van der Waals surface area contributed by atoms with Gasteiger partial charge in [0.1, 0.15) is 12.3 Å². The van der Waals surface area contributed by atoms with Gasteiger partial charge in [-0.15, -0.1) is 0 Å². The Labute approximate surface area is 218 Å². The summed E-state index contributed by atoms with van der Waals surface area (Å²) in [6.07, 6.45) is 0. The van der Waals surface area contributed by atoms with E-state index in [0.29, 0.717) is 5.75 Å². The summed E-state index contributed by atoms with van der Waals surface area (Å²) in [5.74, 6) is -1.97. The Kier molecular flexibility index (Phi) is 8.74. The first-order valence-corrected chi connectivity index (χ1v) is 12.5. The molecular weight excluding hydrogens is 524 g/mol. The van der Waals surface area contributed by atoms with Gasteiger partial charge < -0.3 is 19.5 Å². The second-order valence-electron chi connectivity index (χ2n) is 7.44. The van der Waals surface area contributed by atoms with Crippen molar-refractivity contribution >= 4 is 50.8 Å². The largest absolute Gasteiger partial charge is 0.495 e. The first-order chi connectivity index (χ1) is 17.6. The number of nitrogens with one attached hydrogen (secondary N) is 1. The molecule has 0 aliphatic rings. The lowest BCUT2D eigenvalue weighted by Gasteiger charge is -2.25. The van der Waals surface area contributed by atoms with Gasteiger partial charge in [0.2, 0.25) is 5.91 Å². The third kappa shape index (κ3) is 6.19. The minimum atomic E-state index is -4.23. The topological polar surface area (TPSA) is 128 Å². The minimum absolute atomic E-state index is 0.0477. The van der Waals surface area contributed by atoms with E-state index in [-0.39, 0.29) is 32.4 Å². The van der Waals surface area contributed by atoms with Gasteiger partial charge in [-0.3, -0.25) is 9.10 Å². The van der Waals surface area contributed by atoms with Crippen LogP contribution >= 0.6 is 11.6 Å². The van der Waals surface area contributed by atoms with Crippen LogP contribution in [-0.4, -0.2) is 54.1 Å². The lowest BCUT2D eigenvalue weighted by Crippen LogP contribution is -2.38. The summed E-state index contributed by atoms with van der Waals surface area (Å²) in [6, 6.07) is 15.6. The van der Waals surface area contributed by atoms with E-state index >= 15 is 0 Å². The summed E-state index contributed by atoms with van der Waals surface area (Å²) < 4.78 is 42.5. The fourth-order valence-electron chi connectivity index (χ4n) is 3.35. The first-order valence-electron chi connectivity index (χ1n) is 10.6. The van der Waals surface area contributed by atoms with Crippen LogP contribution in [0.4, 0.5) is 11.4 Å². The average molecular weight is 547 g/mol. The van der Waals surface area contributed by atoms with Crippen LogP contribution < -0.4 is 14.4 Å². The number of esters is 2. The van der Waals surface area contributed by atoms with Crippen LogP contribution in [0.25, 0.3) is 0 Å². The van der Waals surface area contributed by atoms with Gasteiger partial charge in [0.25, 0.3) is 10.0 Å². The van der Waals surface area contributed by atoms with Crippen molar-refractivity contribution in [2.75, 3.05) is 37.5 Å². The van der Waals surface area contributed by atoms with Gasteiger partial charge in [0.05, 0.1) is 53.7 Å².